The summed E-state index contributed by atoms with van der Waals surface area (Å²) in [4.78, 5) is 13.4. The molecule has 0 saturated heterocycles. The topological polar surface area (TPSA) is 79.0 Å². The summed E-state index contributed by atoms with van der Waals surface area (Å²) in [7, 11) is 0. The van der Waals surface area contributed by atoms with Crippen molar-refractivity contribution < 1.29 is 4.79 Å². The average Bonchev–Trinajstić information content (AvgIpc) is 2.60. The summed E-state index contributed by atoms with van der Waals surface area (Å²) in [6.07, 6.45) is 2.21. The Labute approximate surface area is 149 Å². The molecule has 0 saturated carbocycles. The number of benzene rings is 2. The van der Waals surface area contributed by atoms with Gasteiger partial charge in [0.1, 0.15) is 0 Å². The lowest BCUT2D eigenvalue weighted by Gasteiger charge is -2.18. The molecule has 0 aliphatic carbocycles. The van der Waals surface area contributed by atoms with E-state index in [-0.39, 0.29) is 5.91 Å². The third kappa shape index (κ3) is 3.47. The smallest absolute Gasteiger partial charge is 0.251 e. The van der Waals surface area contributed by atoms with Crippen LogP contribution in [0.1, 0.15) is 21.5 Å². The second-order valence-electron chi connectivity index (χ2n) is 5.34. The summed E-state index contributed by atoms with van der Waals surface area (Å²) in [5, 5.41) is 11.9. The maximum Gasteiger partial charge on any atom is 0.251 e. The summed E-state index contributed by atoms with van der Waals surface area (Å²) < 4.78 is 0. The SMILES string of the molecule is N=C(/C(=C\N)Sc1ccc(Cl)cc1)c1ccc2c(c1)CCNC2=O. The monoisotopic (exact) mass is 357 g/mol. The first-order valence-corrected chi connectivity index (χ1v) is 8.63. The van der Waals surface area contributed by atoms with Crippen molar-refractivity contribution in [3.8, 4) is 0 Å². The molecular weight excluding hydrogens is 342 g/mol. The highest BCUT2D eigenvalue weighted by Gasteiger charge is 2.18. The van der Waals surface area contributed by atoms with Crippen molar-refractivity contribution >= 4 is 35.0 Å². The maximum absolute atomic E-state index is 11.8. The zero-order valence-electron chi connectivity index (χ0n) is 12.8. The number of nitrogens with one attached hydrogen (secondary N) is 2. The Hall–Kier alpha value is -2.24. The Morgan fingerprint density at radius 1 is 1.25 bits per heavy atom. The van der Waals surface area contributed by atoms with Gasteiger partial charge in [-0.05, 0) is 48.4 Å². The molecule has 122 valence electrons. The van der Waals surface area contributed by atoms with Gasteiger partial charge in [0.2, 0.25) is 0 Å². The first-order valence-electron chi connectivity index (χ1n) is 7.44. The number of amides is 1. The van der Waals surface area contributed by atoms with Gasteiger partial charge in [0.25, 0.3) is 5.91 Å². The standard InChI is InChI=1S/C18H16ClN3OS/c19-13-2-4-14(5-3-13)24-16(10-20)17(21)12-1-6-15-11(9-12)7-8-22-18(15)23/h1-6,9-10,21H,7-8,20H2,(H,22,23)/b16-10+,21-17?. The zero-order chi connectivity index (χ0) is 17.1. The lowest BCUT2D eigenvalue weighted by atomic mass is 9.96. The van der Waals surface area contributed by atoms with Crippen LogP contribution in [0.5, 0.6) is 0 Å². The quantitative estimate of drug-likeness (QED) is 0.578. The van der Waals surface area contributed by atoms with Crippen molar-refractivity contribution in [1.82, 2.24) is 5.32 Å². The number of fused-ring (bicyclic) bond motifs is 1. The lowest BCUT2D eigenvalue weighted by molar-refractivity contribution is 0.0946. The second kappa shape index (κ2) is 7.11. The van der Waals surface area contributed by atoms with Crippen LogP contribution in [0, 0.1) is 5.41 Å². The van der Waals surface area contributed by atoms with Crippen LogP contribution in [0.3, 0.4) is 0 Å². The Kier molecular flexibility index (Phi) is 4.92. The number of allylic oxidation sites excluding steroid dienone is 1. The minimum atomic E-state index is -0.0561. The predicted octanol–water partition coefficient (Wildman–Crippen LogP) is 3.59. The van der Waals surface area contributed by atoms with E-state index in [0.717, 1.165) is 22.4 Å². The molecule has 1 heterocycles. The van der Waals surface area contributed by atoms with Gasteiger partial charge < -0.3 is 11.1 Å². The molecule has 0 bridgehead atoms. The molecule has 0 atom stereocenters. The summed E-state index contributed by atoms with van der Waals surface area (Å²) in [5.74, 6) is -0.0561. The van der Waals surface area contributed by atoms with Crippen molar-refractivity contribution in [3.05, 3.63) is 75.3 Å². The first kappa shape index (κ1) is 16.6. The van der Waals surface area contributed by atoms with Gasteiger partial charge in [-0.3, -0.25) is 10.2 Å². The molecule has 1 aliphatic rings. The van der Waals surface area contributed by atoms with Crippen molar-refractivity contribution in [2.75, 3.05) is 6.54 Å². The van der Waals surface area contributed by atoms with Crippen molar-refractivity contribution in [1.29, 1.82) is 5.41 Å². The van der Waals surface area contributed by atoms with Crippen LogP contribution < -0.4 is 11.1 Å². The number of carbonyl (C=O) groups is 1. The number of halogens is 1. The van der Waals surface area contributed by atoms with Gasteiger partial charge in [0, 0.05) is 33.8 Å². The van der Waals surface area contributed by atoms with E-state index in [1.54, 1.807) is 24.3 Å². The molecule has 1 amide bonds. The summed E-state index contributed by atoms with van der Waals surface area (Å²) in [6.45, 7) is 0.627. The molecular formula is C18H16ClN3OS. The van der Waals surface area contributed by atoms with E-state index in [9.17, 15) is 4.79 Å². The van der Waals surface area contributed by atoms with Crippen LogP contribution in [0.2, 0.25) is 5.02 Å². The summed E-state index contributed by atoms with van der Waals surface area (Å²) in [6, 6.07) is 12.9. The highest BCUT2D eigenvalue weighted by atomic mass is 35.5. The van der Waals surface area contributed by atoms with Crippen molar-refractivity contribution in [2.45, 2.75) is 11.3 Å². The molecule has 0 radical (unpaired) electrons. The van der Waals surface area contributed by atoms with Crippen LogP contribution in [0.25, 0.3) is 0 Å². The Morgan fingerprint density at radius 2 is 2.00 bits per heavy atom. The van der Waals surface area contributed by atoms with Crippen molar-refractivity contribution in [3.63, 3.8) is 0 Å². The summed E-state index contributed by atoms with van der Waals surface area (Å²) >= 11 is 7.31. The molecule has 4 nitrogen and oxygen atoms in total. The number of nitrogens with two attached hydrogens (primary N) is 1. The van der Waals surface area contributed by atoms with E-state index < -0.39 is 0 Å². The molecule has 6 heteroatoms. The van der Waals surface area contributed by atoms with Crippen LogP contribution in [0.15, 0.2) is 58.5 Å². The molecule has 0 unspecified atom stereocenters. The molecule has 2 aromatic carbocycles. The summed E-state index contributed by atoms with van der Waals surface area (Å²) in [5.41, 5.74) is 8.47. The minimum absolute atomic E-state index is 0.0561. The Bertz CT molecular complexity index is 831. The third-order valence-electron chi connectivity index (χ3n) is 3.76. The van der Waals surface area contributed by atoms with Gasteiger partial charge in [-0.25, -0.2) is 0 Å². The van der Waals surface area contributed by atoms with Gasteiger partial charge in [-0.2, -0.15) is 0 Å². The van der Waals surface area contributed by atoms with Crippen LogP contribution in [-0.4, -0.2) is 18.2 Å². The lowest BCUT2D eigenvalue weighted by Crippen LogP contribution is -2.31. The van der Waals surface area contributed by atoms with E-state index in [4.69, 9.17) is 22.7 Å². The number of rotatable bonds is 4. The van der Waals surface area contributed by atoms with Gasteiger partial charge >= 0.3 is 0 Å². The van der Waals surface area contributed by atoms with Crippen molar-refractivity contribution in [2.24, 2.45) is 5.73 Å². The number of hydrogen-bond acceptors (Lipinski definition) is 4. The molecule has 0 spiro atoms. The number of carbonyl (C=O) groups excluding carboxylic acids is 1. The first-order chi connectivity index (χ1) is 11.6. The van der Waals surface area contributed by atoms with E-state index in [0.29, 0.717) is 27.7 Å². The third-order valence-corrected chi connectivity index (χ3v) is 5.08. The molecule has 4 N–H and O–H groups in total. The molecule has 0 fully saturated rings. The fourth-order valence-electron chi connectivity index (χ4n) is 2.52. The highest BCUT2D eigenvalue weighted by Crippen LogP contribution is 2.30. The van der Waals surface area contributed by atoms with Gasteiger partial charge in [-0.15, -0.1) is 0 Å². The van der Waals surface area contributed by atoms with Gasteiger partial charge in [0.15, 0.2) is 0 Å². The highest BCUT2D eigenvalue weighted by molar-refractivity contribution is 8.04. The molecule has 1 aliphatic heterocycles. The minimum Gasteiger partial charge on any atom is -0.404 e. The fourth-order valence-corrected chi connectivity index (χ4v) is 3.46. The second-order valence-corrected chi connectivity index (χ2v) is 6.89. The van der Waals surface area contributed by atoms with Crippen LogP contribution in [-0.2, 0) is 6.42 Å². The van der Waals surface area contributed by atoms with E-state index >= 15 is 0 Å². The number of hydrogen-bond donors (Lipinski definition) is 3. The zero-order valence-corrected chi connectivity index (χ0v) is 14.4. The molecule has 3 rings (SSSR count). The fraction of sp³-hybridized carbons (Fsp3) is 0.111. The van der Waals surface area contributed by atoms with Gasteiger partial charge in [0.05, 0.1) is 10.6 Å². The Morgan fingerprint density at radius 3 is 2.71 bits per heavy atom. The molecule has 0 aromatic heterocycles. The molecule has 2 aromatic rings. The van der Waals surface area contributed by atoms with E-state index in [1.807, 2.05) is 18.2 Å². The maximum atomic E-state index is 11.8. The predicted molar refractivity (Wildman–Crippen MR) is 98.9 cm³/mol. The molecule has 24 heavy (non-hydrogen) atoms. The normalized spacial score (nSPS) is 14.0. The largest absolute Gasteiger partial charge is 0.404 e. The van der Waals surface area contributed by atoms with Gasteiger partial charge in [-0.1, -0.05) is 29.4 Å². The average molecular weight is 358 g/mol. The van der Waals surface area contributed by atoms with Crippen LogP contribution in [0.4, 0.5) is 0 Å². The van der Waals surface area contributed by atoms with Crippen LogP contribution >= 0.6 is 23.4 Å². The van der Waals surface area contributed by atoms with E-state index in [1.165, 1.54) is 18.0 Å². The number of thioether (sulfide) groups is 1. The van der Waals surface area contributed by atoms with E-state index in [2.05, 4.69) is 5.32 Å². The Balaban J connectivity index is 1.84.